The van der Waals surface area contributed by atoms with Gasteiger partial charge in [0.25, 0.3) is 0 Å². The molecule has 0 unspecified atom stereocenters. The number of rotatable bonds is 7. The molecule has 0 aliphatic heterocycles. The lowest BCUT2D eigenvalue weighted by Gasteiger charge is -2.16. The standard InChI is InChI=1S/C27H23N5OS/c1-31(17-20-16-28-32(18-20)22-12-6-3-7-13-22)25(33)19-34-27-24-15-9-8-14-23(24)26(29-30-27)21-10-4-2-5-11-21/h2-16,18H,17,19H2,1H3. The van der Waals surface area contributed by atoms with E-state index in [9.17, 15) is 4.79 Å². The van der Waals surface area contributed by atoms with Crippen LogP contribution >= 0.6 is 11.8 Å². The van der Waals surface area contributed by atoms with Gasteiger partial charge in [0.1, 0.15) is 10.7 Å². The monoisotopic (exact) mass is 465 g/mol. The highest BCUT2D eigenvalue weighted by Gasteiger charge is 2.15. The Morgan fingerprint density at radius 3 is 2.32 bits per heavy atom. The molecule has 0 bridgehead atoms. The van der Waals surface area contributed by atoms with E-state index in [2.05, 4.69) is 21.4 Å². The first-order valence-electron chi connectivity index (χ1n) is 11.0. The zero-order valence-electron chi connectivity index (χ0n) is 18.7. The molecule has 34 heavy (non-hydrogen) atoms. The lowest BCUT2D eigenvalue weighted by Crippen LogP contribution is -2.27. The molecule has 6 nitrogen and oxygen atoms in total. The lowest BCUT2D eigenvalue weighted by molar-refractivity contribution is -0.127. The zero-order valence-corrected chi connectivity index (χ0v) is 19.5. The number of benzene rings is 3. The van der Waals surface area contributed by atoms with Gasteiger partial charge >= 0.3 is 0 Å². The molecule has 0 spiro atoms. The number of nitrogens with zero attached hydrogens (tertiary/aromatic N) is 5. The van der Waals surface area contributed by atoms with Crippen molar-refractivity contribution in [2.45, 2.75) is 11.6 Å². The summed E-state index contributed by atoms with van der Waals surface area (Å²) in [6.07, 6.45) is 3.75. The van der Waals surface area contributed by atoms with Gasteiger partial charge in [0.05, 0.1) is 17.6 Å². The van der Waals surface area contributed by atoms with Gasteiger partial charge in [0.15, 0.2) is 0 Å². The van der Waals surface area contributed by atoms with Crippen LogP contribution in [0.3, 0.4) is 0 Å². The number of fused-ring (bicyclic) bond motifs is 1. The van der Waals surface area contributed by atoms with Crippen LogP contribution in [-0.4, -0.2) is 43.6 Å². The maximum atomic E-state index is 12.9. The van der Waals surface area contributed by atoms with Crippen molar-refractivity contribution in [2.24, 2.45) is 0 Å². The molecule has 3 aromatic carbocycles. The maximum absolute atomic E-state index is 12.9. The fourth-order valence-corrected chi connectivity index (χ4v) is 4.67. The Balaban J connectivity index is 1.27. The predicted molar refractivity (Wildman–Crippen MR) is 136 cm³/mol. The van der Waals surface area contributed by atoms with E-state index in [-0.39, 0.29) is 11.7 Å². The molecule has 0 saturated heterocycles. The normalized spacial score (nSPS) is 11.0. The minimum Gasteiger partial charge on any atom is -0.341 e. The predicted octanol–water partition coefficient (Wildman–Crippen LogP) is 5.23. The van der Waals surface area contributed by atoms with Crippen molar-refractivity contribution in [2.75, 3.05) is 12.8 Å². The maximum Gasteiger partial charge on any atom is 0.233 e. The number of aromatic nitrogens is 4. The highest BCUT2D eigenvalue weighted by molar-refractivity contribution is 8.00. The number of carbonyl (C=O) groups excluding carboxylic acids is 1. The van der Waals surface area contributed by atoms with Crippen LogP contribution in [0.2, 0.25) is 0 Å². The van der Waals surface area contributed by atoms with Crippen molar-refractivity contribution in [3.63, 3.8) is 0 Å². The van der Waals surface area contributed by atoms with Crippen molar-refractivity contribution in [1.29, 1.82) is 0 Å². The van der Waals surface area contributed by atoms with Crippen LogP contribution in [0.15, 0.2) is 102 Å². The molecule has 168 valence electrons. The first-order valence-corrected chi connectivity index (χ1v) is 11.9. The molecule has 5 aromatic rings. The molecule has 0 fully saturated rings. The summed E-state index contributed by atoms with van der Waals surface area (Å²) in [6.45, 7) is 0.492. The van der Waals surface area contributed by atoms with E-state index in [0.717, 1.165) is 38.3 Å². The molecule has 7 heteroatoms. The van der Waals surface area contributed by atoms with E-state index in [4.69, 9.17) is 0 Å². The molecular formula is C27H23N5OS. The number of thioether (sulfide) groups is 1. The number of amides is 1. The van der Waals surface area contributed by atoms with Gasteiger partial charge in [0, 0.05) is 41.7 Å². The van der Waals surface area contributed by atoms with Gasteiger partial charge in [-0.2, -0.15) is 5.10 Å². The molecule has 0 aliphatic carbocycles. The van der Waals surface area contributed by atoms with E-state index in [1.54, 1.807) is 11.1 Å². The third-order valence-corrected chi connectivity index (χ3v) is 6.50. The van der Waals surface area contributed by atoms with Crippen molar-refractivity contribution < 1.29 is 4.79 Å². The highest BCUT2D eigenvalue weighted by atomic mass is 32.2. The van der Waals surface area contributed by atoms with Gasteiger partial charge in [-0.1, -0.05) is 84.6 Å². The summed E-state index contributed by atoms with van der Waals surface area (Å²) in [4.78, 5) is 14.6. The van der Waals surface area contributed by atoms with Crippen molar-refractivity contribution >= 4 is 28.4 Å². The van der Waals surface area contributed by atoms with Gasteiger partial charge in [0.2, 0.25) is 5.91 Å². The van der Waals surface area contributed by atoms with Crippen LogP contribution in [-0.2, 0) is 11.3 Å². The van der Waals surface area contributed by atoms with Gasteiger partial charge in [-0.15, -0.1) is 10.2 Å². The fraction of sp³-hybridized carbons (Fsp3) is 0.111. The van der Waals surface area contributed by atoms with Crippen LogP contribution in [0.4, 0.5) is 0 Å². The molecule has 0 atom stereocenters. The van der Waals surface area contributed by atoms with Crippen LogP contribution in [0.25, 0.3) is 27.7 Å². The fourth-order valence-electron chi connectivity index (χ4n) is 3.76. The smallest absolute Gasteiger partial charge is 0.233 e. The number of carbonyl (C=O) groups is 1. The lowest BCUT2D eigenvalue weighted by atomic mass is 10.1. The number of hydrogen-bond donors (Lipinski definition) is 0. The van der Waals surface area contributed by atoms with Gasteiger partial charge in [-0.3, -0.25) is 4.79 Å². The second-order valence-corrected chi connectivity index (χ2v) is 8.90. The van der Waals surface area contributed by atoms with Crippen LogP contribution < -0.4 is 0 Å². The minimum absolute atomic E-state index is 0.0236. The Kier molecular flexibility index (Phi) is 6.35. The van der Waals surface area contributed by atoms with Gasteiger partial charge in [-0.25, -0.2) is 4.68 Å². The second kappa shape index (κ2) is 9.89. The van der Waals surface area contributed by atoms with Crippen molar-refractivity contribution in [1.82, 2.24) is 24.9 Å². The average molecular weight is 466 g/mol. The van der Waals surface area contributed by atoms with Crippen LogP contribution in [0.5, 0.6) is 0 Å². The molecule has 5 rings (SSSR count). The van der Waals surface area contributed by atoms with Gasteiger partial charge < -0.3 is 4.90 Å². The van der Waals surface area contributed by atoms with E-state index < -0.39 is 0 Å². The number of hydrogen-bond acceptors (Lipinski definition) is 5. The zero-order chi connectivity index (χ0) is 23.3. The topological polar surface area (TPSA) is 63.9 Å². The van der Waals surface area contributed by atoms with E-state index in [0.29, 0.717) is 6.54 Å². The number of para-hydroxylation sites is 1. The van der Waals surface area contributed by atoms with E-state index in [1.165, 1.54) is 11.8 Å². The van der Waals surface area contributed by atoms with Gasteiger partial charge in [-0.05, 0) is 12.1 Å². The third-order valence-electron chi connectivity index (χ3n) is 5.54. The summed E-state index contributed by atoms with van der Waals surface area (Å²) >= 11 is 1.42. The Bertz CT molecular complexity index is 1420. The molecule has 0 aliphatic rings. The summed E-state index contributed by atoms with van der Waals surface area (Å²) in [5, 5.41) is 16.2. The van der Waals surface area contributed by atoms with Crippen molar-refractivity contribution in [3.05, 3.63) is 103 Å². The summed E-state index contributed by atoms with van der Waals surface area (Å²) in [5.74, 6) is 0.308. The SMILES string of the molecule is CN(Cc1cnn(-c2ccccc2)c1)C(=O)CSc1nnc(-c2ccccc2)c2ccccc12. The summed E-state index contributed by atoms with van der Waals surface area (Å²) in [7, 11) is 1.81. The summed E-state index contributed by atoms with van der Waals surface area (Å²) in [5.41, 5.74) is 3.83. The first kappa shape index (κ1) is 21.9. The highest BCUT2D eigenvalue weighted by Crippen LogP contribution is 2.31. The Morgan fingerprint density at radius 1 is 0.882 bits per heavy atom. The van der Waals surface area contributed by atoms with E-state index >= 15 is 0 Å². The molecule has 0 N–H and O–H groups in total. The molecular weight excluding hydrogens is 442 g/mol. The molecule has 0 radical (unpaired) electrons. The summed E-state index contributed by atoms with van der Waals surface area (Å²) < 4.78 is 1.82. The molecule has 2 heterocycles. The minimum atomic E-state index is 0.0236. The third kappa shape index (κ3) is 4.70. The largest absolute Gasteiger partial charge is 0.341 e. The summed E-state index contributed by atoms with van der Waals surface area (Å²) in [6, 6.07) is 28.0. The Labute approximate surface area is 202 Å². The van der Waals surface area contributed by atoms with E-state index in [1.807, 2.05) is 96.8 Å². The molecule has 2 aromatic heterocycles. The average Bonchev–Trinajstić information content (AvgIpc) is 3.36. The first-order chi connectivity index (χ1) is 16.7. The Hall–Kier alpha value is -3.97. The van der Waals surface area contributed by atoms with Crippen LogP contribution in [0.1, 0.15) is 5.56 Å². The molecule has 0 saturated carbocycles. The second-order valence-electron chi connectivity index (χ2n) is 7.93. The van der Waals surface area contributed by atoms with Crippen LogP contribution in [0, 0.1) is 0 Å². The quantitative estimate of drug-likeness (QED) is 0.308. The van der Waals surface area contributed by atoms with Crippen molar-refractivity contribution in [3.8, 4) is 16.9 Å². The molecule has 1 amide bonds. The Morgan fingerprint density at radius 2 is 1.56 bits per heavy atom.